The molecule has 0 fully saturated rings. The van der Waals surface area contributed by atoms with Crippen molar-refractivity contribution in [2.45, 2.75) is 6.61 Å². The van der Waals surface area contributed by atoms with Crippen LogP contribution >= 0.6 is 11.3 Å². The highest BCUT2D eigenvalue weighted by Crippen LogP contribution is 2.29. The van der Waals surface area contributed by atoms with Gasteiger partial charge in [-0.2, -0.15) is 5.26 Å². The van der Waals surface area contributed by atoms with E-state index in [1.54, 1.807) is 36.4 Å². The molecule has 3 rings (SSSR count). The number of benzene rings is 2. The van der Waals surface area contributed by atoms with Crippen LogP contribution < -0.4 is 0 Å². The van der Waals surface area contributed by atoms with Gasteiger partial charge in [0.25, 0.3) is 5.69 Å². The van der Waals surface area contributed by atoms with Crippen LogP contribution in [0.2, 0.25) is 0 Å². The lowest BCUT2D eigenvalue weighted by molar-refractivity contribution is -0.384. The Morgan fingerprint density at radius 3 is 2.83 bits per heavy atom. The van der Waals surface area contributed by atoms with E-state index in [1.807, 2.05) is 6.07 Å². The minimum Gasteiger partial charge on any atom is -0.457 e. The number of fused-ring (bicyclic) bond motifs is 1. The molecule has 1 heterocycles. The van der Waals surface area contributed by atoms with E-state index in [1.165, 1.54) is 23.5 Å². The first kappa shape index (κ1) is 15.6. The molecule has 0 N–H and O–H groups in total. The third-order valence-electron chi connectivity index (χ3n) is 3.34. The average Bonchev–Trinajstić information content (AvgIpc) is 3.03. The molecular weight excluding hydrogens is 328 g/mol. The summed E-state index contributed by atoms with van der Waals surface area (Å²) in [5.41, 5.74) is 1.20. The third-order valence-corrected chi connectivity index (χ3v) is 4.43. The number of nitrogens with zero attached hydrogens (tertiary/aromatic N) is 2. The second-order valence-electron chi connectivity index (χ2n) is 4.98. The van der Waals surface area contributed by atoms with Crippen molar-refractivity contribution in [1.29, 1.82) is 5.26 Å². The minimum absolute atomic E-state index is 0.0199. The standard InChI is InChI=1S/C17H10N2O4S/c18-9-11-2-1-3-12(6-11)10-23-17(20)16-8-13-7-14(19(21)22)4-5-15(13)24-16/h1-8H,10H2. The highest BCUT2D eigenvalue weighted by Gasteiger charge is 2.14. The Morgan fingerprint density at radius 2 is 2.08 bits per heavy atom. The van der Waals surface area contributed by atoms with Gasteiger partial charge in [0.1, 0.15) is 11.5 Å². The second-order valence-corrected chi connectivity index (χ2v) is 6.06. The van der Waals surface area contributed by atoms with E-state index in [0.29, 0.717) is 15.8 Å². The third kappa shape index (κ3) is 3.24. The smallest absolute Gasteiger partial charge is 0.348 e. The maximum absolute atomic E-state index is 12.2. The van der Waals surface area contributed by atoms with Crippen molar-refractivity contribution in [2.24, 2.45) is 0 Å². The van der Waals surface area contributed by atoms with E-state index in [9.17, 15) is 14.9 Å². The number of hydrogen-bond acceptors (Lipinski definition) is 6. The molecule has 1 aromatic heterocycles. The molecule has 0 atom stereocenters. The van der Waals surface area contributed by atoms with Crippen LogP contribution in [0, 0.1) is 21.4 Å². The molecule has 6 nitrogen and oxygen atoms in total. The van der Waals surface area contributed by atoms with Crippen LogP contribution in [0.1, 0.15) is 20.8 Å². The predicted molar refractivity (Wildman–Crippen MR) is 88.8 cm³/mol. The molecule has 2 aromatic carbocycles. The molecule has 0 aliphatic heterocycles. The van der Waals surface area contributed by atoms with Crippen molar-refractivity contribution in [3.05, 3.63) is 74.6 Å². The lowest BCUT2D eigenvalue weighted by Crippen LogP contribution is -2.03. The highest BCUT2D eigenvalue weighted by molar-refractivity contribution is 7.20. The maximum Gasteiger partial charge on any atom is 0.348 e. The topological polar surface area (TPSA) is 93.2 Å². The summed E-state index contributed by atoms with van der Waals surface area (Å²) in [7, 11) is 0. The Bertz CT molecular complexity index is 988. The quantitative estimate of drug-likeness (QED) is 0.406. The number of non-ortho nitro benzene ring substituents is 1. The summed E-state index contributed by atoms with van der Waals surface area (Å²) in [6.07, 6.45) is 0. The Balaban J connectivity index is 1.76. The average molecular weight is 338 g/mol. The first-order chi connectivity index (χ1) is 11.6. The van der Waals surface area contributed by atoms with Gasteiger partial charge >= 0.3 is 5.97 Å². The minimum atomic E-state index is -0.499. The summed E-state index contributed by atoms with van der Waals surface area (Å²) in [6.45, 7) is 0.0583. The van der Waals surface area contributed by atoms with Crippen molar-refractivity contribution in [1.82, 2.24) is 0 Å². The SMILES string of the molecule is N#Cc1cccc(COC(=O)c2cc3cc([N+](=O)[O-])ccc3s2)c1. The summed E-state index contributed by atoms with van der Waals surface area (Å²) in [6, 6.07) is 14.9. The molecule has 0 spiro atoms. The number of rotatable bonds is 4. The molecule has 0 saturated carbocycles. The fraction of sp³-hybridized carbons (Fsp3) is 0.0588. The fourth-order valence-electron chi connectivity index (χ4n) is 2.20. The lowest BCUT2D eigenvalue weighted by Gasteiger charge is -2.03. The largest absolute Gasteiger partial charge is 0.457 e. The van der Waals surface area contributed by atoms with E-state index in [4.69, 9.17) is 10.00 Å². The Hall–Kier alpha value is -3.24. The summed E-state index contributed by atoms with van der Waals surface area (Å²) in [5, 5.41) is 20.3. The van der Waals surface area contributed by atoms with E-state index in [2.05, 4.69) is 0 Å². The van der Waals surface area contributed by atoms with Gasteiger partial charge in [0.2, 0.25) is 0 Å². The summed E-state index contributed by atoms with van der Waals surface area (Å²) in [4.78, 5) is 22.8. The molecule has 118 valence electrons. The highest BCUT2D eigenvalue weighted by atomic mass is 32.1. The van der Waals surface area contributed by atoms with Gasteiger partial charge < -0.3 is 4.74 Å². The lowest BCUT2D eigenvalue weighted by atomic mass is 10.1. The molecule has 0 saturated heterocycles. The molecule has 0 radical (unpaired) electrons. The summed E-state index contributed by atoms with van der Waals surface area (Å²) < 4.78 is 6.03. The van der Waals surface area contributed by atoms with Gasteiger partial charge in [-0.15, -0.1) is 11.3 Å². The fourth-order valence-corrected chi connectivity index (χ4v) is 3.13. The predicted octanol–water partition coefficient (Wildman–Crippen LogP) is 4.04. The van der Waals surface area contributed by atoms with E-state index in [-0.39, 0.29) is 12.3 Å². The number of carbonyl (C=O) groups is 1. The monoisotopic (exact) mass is 338 g/mol. The molecule has 7 heteroatoms. The summed E-state index contributed by atoms with van der Waals surface area (Å²) >= 11 is 1.22. The Morgan fingerprint density at radius 1 is 1.25 bits per heavy atom. The number of nitro groups is 1. The van der Waals surface area contributed by atoms with Crippen LogP contribution in [0.15, 0.2) is 48.5 Å². The second kappa shape index (κ2) is 6.48. The zero-order chi connectivity index (χ0) is 17.1. The normalized spacial score (nSPS) is 10.3. The molecule has 0 amide bonds. The summed E-state index contributed by atoms with van der Waals surface area (Å²) in [5.74, 6) is -0.499. The molecule has 24 heavy (non-hydrogen) atoms. The first-order valence-electron chi connectivity index (χ1n) is 6.91. The number of hydrogen-bond donors (Lipinski definition) is 0. The van der Waals surface area contributed by atoms with Gasteiger partial charge in [-0.25, -0.2) is 4.79 Å². The first-order valence-corrected chi connectivity index (χ1v) is 7.72. The van der Waals surface area contributed by atoms with E-state index >= 15 is 0 Å². The van der Waals surface area contributed by atoms with Crippen molar-refractivity contribution >= 4 is 33.1 Å². The molecule has 0 unspecified atom stereocenters. The Labute approximate surface area is 140 Å². The number of thiophene rings is 1. The zero-order valence-electron chi connectivity index (χ0n) is 12.3. The maximum atomic E-state index is 12.2. The van der Waals surface area contributed by atoms with Gasteiger partial charge in [0, 0.05) is 22.2 Å². The number of nitro benzene ring substituents is 1. The van der Waals surface area contributed by atoms with Crippen molar-refractivity contribution in [2.75, 3.05) is 0 Å². The van der Waals surface area contributed by atoms with Crippen LogP contribution in [0.5, 0.6) is 0 Å². The molecule has 0 aliphatic rings. The van der Waals surface area contributed by atoms with Gasteiger partial charge in [-0.05, 0) is 29.8 Å². The van der Waals surface area contributed by atoms with Crippen molar-refractivity contribution in [3.63, 3.8) is 0 Å². The molecule has 3 aromatic rings. The molecular formula is C17H10N2O4S. The van der Waals surface area contributed by atoms with Crippen LogP contribution in [0.25, 0.3) is 10.1 Å². The number of nitriles is 1. The van der Waals surface area contributed by atoms with Crippen LogP contribution in [0.4, 0.5) is 5.69 Å². The number of ether oxygens (including phenoxy) is 1. The number of carbonyl (C=O) groups excluding carboxylic acids is 1. The number of esters is 1. The van der Waals surface area contributed by atoms with Gasteiger partial charge in [0.15, 0.2) is 0 Å². The molecule has 0 aliphatic carbocycles. The van der Waals surface area contributed by atoms with Gasteiger partial charge in [-0.3, -0.25) is 10.1 Å². The van der Waals surface area contributed by atoms with Crippen LogP contribution in [-0.2, 0) is 11.3 Å². The van der Waals surface area contributed by atoms with Crippen molar-refractivity contribution in [3.8, 4) is 6.07 Å². The van der Waals surface area contributed by atoms with Crippen LogP contribution in [0.3, 0.4) is 0 Å². The van der Waals surface area contributed by atoms with E-state index < -0.39 is 10.9 Å². The molecule has 0 bridgehead atoms. The Kier molecular flexibility index (Phi) is 4.22. The van der Waals surface area contributed by atoms with Gasteiger partial charge in [-0.1, -0.05) is 12.1 Å². The van der Waals surface area contributed by atoms with Crippen LogP contribution in [-0.4, -0.2) is 10.9 Å². The zero-order valence-corrected chi connectivity index (χ0v) is 13.1. The van der Waals surface area contributed by atoms with Crippen molar-refractivity contribution < 1.29 is 14.5 Å². The van der Waals surface area contributed by atoms with E-state index in [0.717, 1.165) is 10.3 Å². The van der Waals surface area contributed by atoms with Gasteiger partial charge in [0.05, 0.1) is 16.6 Å².